The molecule has 1 aliphatic carbocycles. The van der Waals surface area contributed by atoms with Crippen molar-refractivity contribution in [3.8, 4) is 56.8 Å². The number of aryl methyl sites for hydroxylation is 8. The summed E-state index contributed by atoms with van der Waals surface area (Å²) in [6.07, 6.45) is -18.1. The molecule has 4 N–H and O–H groups in total. The first-order valence-electron chi connectivity index (χ1n) is 39.5. The maximum absolute atomic E-state index is 13.1. The van der Waals surface area contributed by atoms with Crippen molar-refractivity contribution in [2.75, 3.05) is 31.4 Å². The number of alkyl halides is 13. The van der Waals surface area contributed by atoms with Gasteiger partial charge in [0.15, 0.2) is 0 Å². The van der Waals surface area contributed by atoms with E-state index in [0.29, 0.717) is 92.8 Å². The monoisotopic (exact) mass is 2250 g/mol. The van der Waals surface area contributed by atoms with E-state index in [4.69, 9.17) is 19.3 Å². The van der Waals surface area contributed by atoms with Gasteiger partial charge in [-0.2, -0.15) is 0 Å². The maximum atomic E-state index is 13.1. The quantitative estimate of drug-likeness (QED) is 0.0118. The number of aliphatic hydroxyl groups is 1. The van der Waals surface area contributed by atoms with E-state index in [-0.39, 0.29) is 143 Å². The van der Waals surface area contributed by atoms with Crippen LogP contribution < -0.4 is 82.8 Å². The van der Waals surface area contributed by atoms with Crippen molar-refractivity contribution in [2.24, 2.45) is 49.3 Å². The largest absolute Gasteiger partial charge is 1.00 e. The van der Waals surface area contributed by atoms with Crippen molar-refractivity contribution in [1.29, 1.82) is 0 Å². The Balaban J connectivity index is 0.000000362. The third kappa shape index (κ3) is 29.1. The van der Waals surface area contributed by atoms with Crippen LogP contribution in [0, 0.1) is 13.8 Å². The van der Waals surface area contributed by atoms with Crippen LogP contribution in [0.3, 0.4) is 0 Å². The van der Waals surface area contributed by atoms with E-state index in [1.807, 2.05) is 4.93 Å². The Bertz CT molecular complexity index is 6470. The van der Waals surface area contributed by atoms with E-state index < -0.39 is 118 Å². The smallest absolute Gasteiger partial charge is 0.870 e. The fourth-order valence-corrected chi connectivity index (χ4v) is 16.2. The van der Waals surface area contributed by atoms with E-state index >= 15 is 0 Å². The molecule has 0 spiro atoms. The predicted molar refractivity (Wildman–Crippen MR) is 489 cm³/mol. The summed E-state index contributed by atoms with van der Waals surface area (Å²) in [5.74, 6) is -2.95. The molecule has 0 atom stereocenters. The fraction of sp³-hybridized carbons (Fsp3) is 0.400. The number of aliphatic hydroxyl groups excluding tert-OH is 1. The van der Waals surface area contributed by atoms with Crippen LogP contribution in [0.4, 0.5) is 52.7 Å². The second-order valence-corrected chi connectivity index (χ2v) is 49.5. The summed E-state index contributed by atoms with van der Waals surface area (Å²) in [6.45, 7) is 7.40. The summed E-state index contributed by atoms with van der Waals surface area (Å²) in [5.41, 5.74) is 2.87. The first kappa shape index (κ1) is 116. The van der Waals surface area contributed by atoms with Crippen molar-refractivity contribution < 1.29 is 135 Å². The van der Waals surface area contributed by atoms with E-state index in [0.717, 1.165) is 18.3 Å². The number of carbonyl (C=O) groups excluding carboxylic acids is 3. The molecule has 0 radical (unpaired) electrons. The summed E-state index contributed by atoms with van der Waals surface area (Å²) < 4.78 is 197. The Morgan fingerprint density at radius 1 is 0.403 bits per heavy atom. The van der Waals surface area contributed by atoms with Crippen molar-refractivity contribution in [2.45, 2.75) is 138 Å². The summed E-state index contributed by atoms with van der Waals surface area (Å²) >= 11 is 7.77. The predicted octanol–water partition coefficient (Wildman–Crippen LogP) is 10.7. The molecular formula is C85H97Br2F12ILiN11O21Sn. The van der Waals surface area contributed by atoms with Crippen molar-refractivity contribution in [3.63, 3.8) is 0 Å². The first-order valence-corrected chi connectivity index (χ1v) is 54.7. The van der Waals surface area contributed by atoms with Crippen LogP contribution >= 0.6 is 54.5 Å². The van der Waals surface area contributed by atoms with Gasteiger partial charge in [0.1, 0.15) is 39.5 Å². The summed E-state index contributed by atoms with van der Waals surface area (Å²) in [7, 11) is 10.9. The van der Waals surface area contributed by atoms with Gasteiger partial charge < -0.3 is 62.9 Å². The maximum Gasteiger partial charge on any atom is 1.00 e. The van der Waals surface area contributed by atoms with Gasteiger partial charge in [-0.3, -0.25) is 70.1 Å². The summed E-state index contributed by atoms with van der Waals surface area (Å²) in [5, 5.41) is 9.03. The zero-order valence-electron chi connectivity index (χ0n) is 75.8. The normalized spacial score (nSPS) is 11.8. The number of carbonyl (C=O) groups is 3. The Morgan fingerprint density at radius 2 is 0.664 bits per heavy atom. The Morgan fingerprint density at radius 3 is 0.970 bits per heavy atom. The van der Waals surface area contributed by atoms with Crippen molar-refractivity contribution >= 4 is 134 Å². The number of fused-ring (bicyclic) bond motifs is 4. The number of hydrogen-bond acceptors (Lipinski definition) is 20. The zero-order chi connectivity index (χ0) is 98.5. The molecule has 11 aromatic rings. The average molecular weight is 2250 g/mol. The Kier molecular flexibility index (Phi) is 41.9. The molecule has 1 aliphatic rings. The molecule has 134 heavy (non-hydrogen) atoms. The molecule has 0 saturated carbocycles. The number of nitrogens with zero attached hydrogens (tertiary/aromatic N) is 11. The van der Waals surface area contributed by atoms with Gasteiger partial charge >= 0.3 is 123 Å². The van der Waals surface area contributed by atoms with Gasteiger partial charge in [-0.1, -0.05) is 71.1 Å². The minimum atomic E-state index is -4.85. The van der Waals surface area contributed by atoms with E-state index in [9.17, 15) is 105 Å². The van der Waals surface area contributed by atoms with Crippen LogP contribution in [0.1, 0.15) is 74.4 Å². The van der Waals surface area contributed by atoms with Crippen LogP contribution in [0.15, 0.2) is 140 Å². The van der Waals surface area contributed by atoms with Gasteiger partial charge in [0, 0.05) is 136 Å². The molecule has 0 saturated heterocycles. The number of benzene rings is 4. The SMILES string of the molecule is CC(=O)OCCCn1c(=O)c2c(c(Br)c(-c3cccc(OC(F)(F)F)c3)n2C)n(C)c1=O.CC(=O)OCCCn1c(=O)c2c(c(C)c(-c3cccc(OC(F)(F)F)c3)n2C)n(C)c1=O.CC(=O)OCCCn1c(=O)c2c(n(C)c1=O)C(Br)=C(c1cccc(OC(F)(F)F)c1)C2.CI.Cc1c(-c2cccc(OC(F)(F)F)c2)n(C)c2c(=O)n(CCCO)c(=O)n(C)c12.O.[CH3][Sn]([CH3])([CH3])[CH3].[Li+].[OH-]. The number of hydrogen-bond donors (Lipinski definition) is 1. The molecular weight excluding hydrogens is 2150 g/mol. The number of ether oxygens (including phenoxy) is 7. The minimum absolute atomic E-state index is 0. The van der Waals surface area contributed by atoms with Gasteiger partial charge in [0.25, 0.3) is 22.2 Å². The molecule has 4 aromatic carbocycles. The van der Waals surface area contributed by atoms with Crippen LogP contribution in [-0.2, 0) is 111 Å². The third-order valence-electron chi connectivity index (χ3n) is 19.4. The van der Waals surface area contributed by atoms with Gasteiger partial charge in [-0.25, -0.2) is 19.2 Å². The van der Waals surface area contributed by atoms with Crippen LogP contribution in [0.25, 0.3) is 76.9 Å². The molecule has 32 nitrogen and oxygen atoms in total. The van der Waals surface area contributed by atoms with Crippen LogP contribution in [0.2, 0.25) is 19.8 Å². The molecule has 12 rings (SSSR count). The molecule has 0 unspecified atom stereocenters. The number of rotatable bonds is 23. The third-order valence-corrected chi connectivity index (χ3v) is 21.0. The molecule has 49 heteroatoms. The molecule has 7 aromatic heterocycles. The number of aromatic nitrogens is 11. The molecule has 0 bridgehead atoms. The standard InChI is InChI=1S/C21H22F3N3O5.C20H19BrF3N3O5.C20H18BrF3N2O5.C19H20F3N3O4.CH3I.4CH3.Li.2H2O.Sn/c1-12-16(14-7-5-8-15(11-14)32-21(22,23)24)25(3)18-17(12)26(4)20(30)27(19(18)29)9-6-10-31-13(2)28;1-11(28)31-9-5-8-27-18(29)17-16(26(3)19(27)30)14(21)15(25(17)2)12-6-4-7-13(10-12)32-20(22,23)24;1-11(27)30-8-4-7-26-18(28)15-10-14(16(21)17(15)25(2)19(26)29)12-5-3-6-13(9-12)31-20(22,23)24;1-11-14(12-6-4-7-13(10-12)29-19(20,21)22)23(2)16-15(11)24(3)18(28)25(17(16)27)8-5-9-26;1-2;;;;;;;;/h5,7-8,11H,6,9-10H2,1-4H3;4,6-7,10H,5,8-9H2,1-3H3;3,5-6,9H,4,7-8,10H2,1-2H3;4,6-7,10,26H,5,8-9H2,1-3H3;1H3;4*1H3;;2*1H2;/q;;;;;;;;;+1;;;/p-1. The zero-order valence-corrected chi connectivity index (χ0v) is 83.9. The second-order valence-electron chi connectivity index (χ2n) is 30.8. The molecule has 7 heterocycles. The van der Waals surface area contributed by atoms with E-state index in [1.165, 1.54) is 145 Å². The van der Waals surface area contributed by atoms with Crippen molar-refractivity contribution in [1.82, 2.24) is 50.2 Å². The summed E-state index contributed by atoms with van der Waals surface area (Å²) in [6, 6.07) is 21.6. The minimum Gasteiger partial charge on any atom is -0.870 e. The number of allylic oxidation sites excluding steroid dienone is 1. The Labute approximate surface area is 801 Å². The summed E-state index contributed by atoms with van der Waals surface area (Å²) in [4.78, 5) is 147. The molecule has 728 valence electrons. The van der Waals surface area contributed by atoms with Crippen molar-refractivity contribution in [3.05, 3.63) is 213 Å². The van der Waals surface area contributed by atoms with Gasteiger partial charge in [0.2, 0.25) is 0 Å². The van der Waals surface area contributed by atoms with Crippen LogP contribution in [-0.4, -0.2) is 159 Å². The first-order chi connectivity index (χ1) is 60.9. The number of esters is 3. The average Bonchev–Trinajstić information content (AvgIpc) is 1.59. The molecule has 0 aliphatic heterocycles. The molecule has 0 amide bonds. The van der Waals surface area contributed by atoms with Gasteiger partial charge in [0.05, 0.1) is 63.6 Å². The van der Waals surface area contributed by atoms with Gasteiger partial charge in [-0.05, 0) is 147 Å². The van der Waals surface area contributed by atoms with Gasteiger partial charge in [-0.15, -0.1) is 52.7 Å². The fourth-order valence-electron chi connectivity index (χ4n) is 14.4. The second kappa shape index (κ2) is 48.4. The van der Waals surface area contributed by atoms with E-state index in [2.05, 4.69) is 93.2 Å². The topological polar surface area (TPSA) is 388 Å². The Hall–Kier alpha value is -10.3. The number of halogens is 15. The van der Waals surface area contributed by atoms with E-state index in [1.54, 1.807) is 68.4 Å². The molecule has 0 fully saturated rings. The van der Waals surface area contributed by atoms with Crippen LogP contribution in [0.5, 0.6) is 23.0 Å².